The van der Waals surface area contributed by atoms with E-state index in [4.69, 9.17) is 9.97 Å². The van der Waals surface area contributed by atoms with E-state index in [0.717, 1.165) is 33.9 Å². The van der Waals surface area contributed by atoms with Crippen molar-refractivity contribution in [2.75, 3.05) is 0 Å². The number of benzene rings is 6. The maximum atomic E-state index is 4.99. The van der Waals surface area contributed by atoms with Crippen molar-refractivity contribution in [2.45, 2.75) is 0 Å². The summed E-state index contributed by atoms with van der Waals surface area (Å²) in [5.41, 5.74) is 9.78. The molecule has 0 atom stereocenters. The molecule has 43 heavy (non-hydrogen) atoms. The lowest BCUT2D eigenvalue weighted by Gasteiger charge is -2.10. The Bertz CT molecular complexity index is 2160. The number of hydrogen-bond donors (Lipinski definition) is 0. The monoisotopic (exact) mass is 566 g/mol. The fourth-order valence-electron chi connectivity index (χ4n) is 5.69. The minimum atomic E-state index is 0.726. The summed E-state index contributed by atoms with van der Waals surface area (Å²) in [6, 6.07) is 55.6. The van der Waals surface area contributed by atoms with Crippen molar-refractivity contribution < 1.29 is 0 Å². The molecule has 0 amide bonds. The van der Waals surface area contributed by atoms with E-state index in [1.54, 1.807) is 0 Å². The van der Waals surface area contributed by atoms with Crippen LogP contribution in [0.2, 0.25) is 0 Å². The highest BCUT2D eigenvalue weighted by Crippen LogP contribution is 2.37. The second-order valence-corrected chi connectivity index (χ2v) is 11.7. The maximum absolute atomic E-state index is 4.99. The molecule has 0 aliphatic rings. The smallest absolute Gasteiger partial charge is 0.160 e. The fraction of sp³-hybridized carbons (Fsp3) is 0. The van der Waals surface area contributed by atoms with Gasteiger partial charge >= 0.3 is 0 Å². The average molecular weight is 567 g/mol. The highest BCUT2D eigenvalue weighted by Gasteiger charge is 2.12. The van der Waals surface area contributed by atoms with Crippen LogP contribution in [0.3, 0.4) is 0 Å². The molecule has 2 aromatic heterocycles. The zero-order valence-electron chi connectivity index (χ0n) is 23.3. The molecule has 2 nitrogen and oxygen atoms in total. The van der Waals surface area contributed by atoms with Crippen LogP contribution in [0.1, 0.15) is 0 Å². The SMILES string of the molecule is c1ccc(-c2cc(-c3ccc(-c4cccc(-c5ccc6sc7ccccc7c6c5)c4)cc3)nc(-c3ccccc3)n2)cc1. The normalized spacial score (nSPS) is 11.3. The van der Waals surface area contributed by atoms with Gasteiger partial charge in [0.25, 0.3) is 0 Å². The Hall–Kier alpha value is -5.38. The van der Waals surface area contributed by atoms with Crippen molar-refractivity contribution in [3.8, 4) is 56.2 Å². The van der Waals surface area contributed by atoms with Gasteiger partial charge in [-0.25, -0.2) is 9.97 Å². The van der Waals surface area contributed by atoms with Crippen molar-refractivity contribution >= 4 is 31.5 Å². The maximum Gasteiger partial charge on any atom is 0.160 e. The first kappa shape index (κ1) is 25.3. The van der Waals surface area contributed by atoms with E-state index in [2.05, 4.69) is 121 Å². The van der Waals surface area contributed by atoms with Gasteiger partial charge in [-0.15, -0.1) is 11.3 Å². The topological polar surface area (TPSA) is 25.8 Å². The first-order valence-corrected chi connectivity index (χ1v) is 15.2. The summed E-state index contributed by atoms with van der Waals surface area (Å²) < 4.78 is 2.66. The van der Waals surface area contributed by atoms with Gasteiger partial charge in [0.15, 0.2) is 5.82 Å². The van der Waals surface area contributed by atoms with Gasteiger partial charge in [-0.2, -0.15) is 0 Å². The molecule has 202 valence electrons. The van der Waals surface area contributed by atoms with Crippen molar-refractivity contribution in [2.24, 2.45) is 0 Å². The Morgan fingerprint density at radius 3 is 1.58 bits per heavy atom. The van der Waals surface area contributed by atoms with Gasteiger partial charge in [0, 0.05) is 36.9 Å². The Morgan fingerprint density at radius 2 is 0.837 bits per heavy atom. The zero-order valence-corrected chi connectivity index (χ0v) is 24.1. The van der Waals surface area contributed by atoms with Crippen molar-refractivity contribution in [3.05, 3.63) is 158 Å². The van der Waals surface area contributed by atoms with Crippen molar-refractivity contribution in [1.82, 2.24) is 9.97 Å². The Labute approximate surface area is 254 Å². The Morgan fingerprint density at radius 1 is 0.326 bits per heavy atom. The van der Waals surface area contributed by atoms with Gasteiger partial charge in [0.1, 0.15) is 0 Å². The molecule has 3 heteroatoms. The second-order valence-electron chi connectivity index (χ2n) is 10.7. The molecule has 0 saturated carbocycles. The van der Waals surface area contributed by atoms with Crippen LogP contribution in [0.4, 0.5) is 0 Å². The summed E-state index contributed by atoms with van der Waals surface area (Å²) in [5, 5.41) is 2.65. The average Bonchev–Trinajstić information content (AvgIpc) is 3.47. The van der Waals surface area contributed by atoms with Gasteiger partial charge < -0.3 is 0 Å². The van der Waals surface area contributed by atoms with Gasteiger partial charge in [-0.1, -0.05) is 127 Å². The van der Waals surface area contributed by atoms with Crippen LogP contribution in [0.25, 0.3) is 76.3 Å². The molecule has 0 aliphatic heterocycles. The molecular weight excluding hydrogens is 541 g/mol. The molecule has 0 radical (unpaired) electrons. The molecule has 8 aromatic rings. The summed E-state index contributed by atoms with van der Waals surface area (Å²) in [7, 11) is 0. The first-order valence-electron chi connectivity index (χ1n) is 14.4. The van der Waals surface area contributed by atoms with E-state index in [1.165, 1.54) is 42.4 Å². The number of fused-ring (bicyclic) bond motifs is 3. The standard InChI is InChI=1S/C40H26N2S/c1-3-10-28(11-4-1)36-26-37(42-40(41-36)30-12-5-2-6-13-30)29-20-18-27(19-21-29)31-14-9-15-32(24-31)33-22-23-39-35(25-33)34-16-7-8-17-38(34)43-39/h1-26H. The molecular formula is C40H26N2S. The highest BCUT2D eigenvalue weighted by atomic mass is 32.1. The van der Waals surface area contributed by atoms with Crippen LogP contribution in [0, 0.1) is 0 Å². The van der Waals surface area contributed by atoms with E-state index < -0.39 is 0 Å². The molecule has 0 N–H and O–H groups in total. The third-order valence-electron chi connectivity index (χ3n) is 7.91. The predicted molar refractivity (Wildman–Crippen MR) is 182 cm³/mol. The quantitative estimate of drug-likeness (QED) is 0.207. The van der Waals surface area contributed by atoms with Crippen molar-refractivity contribution in [3.63, 3.8) is 0 Å². The van der Waals surface area contributed by atoms with E-state index in [1.807, 2.05) is 47.7 Å². The molecule has 0 saturated heterocycles. The number of hydrogen-bond acceptors (Lipinski definition) is 3. The number of rotatable bonds is 5. The minimum Gasteiger partial charge on any atom is -0.228 e. The third kappa shape index (κ3) is 4.90. The lowest BCUT2D eigenvalue weighted by atomic mass is 9.97. The number of aromatic nitrogens is 2. The zero-order chi connectivity index (χ0) is 28.6. The van der Waals surface area contributed by atoms with Gasteiger partial charge in [-0.05, 0) is 52.6 Å². The van der Waals surface area contributed by atoms with Crippen LogP contribution in [-0.2, 0) is 0 Å². The van der Waals surface area contributed by atoms with Crippen LogP contribution < -0.4 is 0 Å². The second kappa shape index (κ2) is 10.8. The molecule has 6 aromatic carbocycles. The Kier molecular flexibility index (Phi) is 6.36. The van der Waals surface area contributed by atoms with Crippen LogP contribution in [-0.4, -0.2) is 9.97 Å². The van der Waals surface area contributed by atoms with Gasteiger partial charge in [0.05, 0.1) is 11.4 Å². The molecule has 0 spiro atoms. The highest BCUT2D eigenvalue weighted by molar-refractivity contribution is 7.25. The van der Waals surface area contributed by atoms with E-state index in [-0.39, 0.29) is 0 Å². The molecule has 8 rings (SSSR count). The number of thiophene rings is 1. The van der Waals surface area contributed by atoms with Gasteiger partial charge in [0.2, 0.25) is 0 Å². The van der Waals surface area contributed by atoms with Gasteiger partial charge in [-0.3, -0.25) is 0 Å². The summed E-state index contributed by atoms with van der Waals surface area (Å²) in [6.45, 7) is 0. The van der Waals surface area contributed by atoms with Crippen LogP contribution in [0.15, 0.2) is 158 Å². The lowest BCUT2D eigenvalue weighted by molar-refractivity contribution is 1.18. The first-order chi connectivity index (χ1) is 21.3. The number of nitrogens with zero attached hydrogens (tertiary/aromatic N) is 2. The summed E-state index contributed by atoms with van der Waals surface area (Å²) in [6.07, 6.45) is 0. The van der Waals surface area contributed by atoms with E-state index in [0.29, 0.717) is 0 Å². The largest absolute Gasteiger partial charge is 0.228 e. The fourth-order valence-corrected chi connectivity index (χ4v) is 6.77. The summed E-state index contributed by atoms with van der Waals surface area (Å²) >= 11 is 1.86. The molecule has 0 aliphatic carbocycles. The predicted octanol–water partition coefficient (Wildman–Crippen LogP) is 11.2. The summed E-state index contributed by atoms with van der Waals surface area (Å²) in [4.78, 5) is 9.91. The van der Waals surface area contributed by atoms with E-state index in [9.17, 15) is 0 Å². The van der Waals surface area contributed by atoms with Crippen molar-refractivity contribution in [1.29, 1.82) is 0 Å². The Balaban J connectivity index is 1.15. The molecule has 2 heterocycles. The molecule has 0 bridgehead atoms. The minimum absolute atomic E-state index is 0.726. The van der Waals surface area contributed by atoms with Crippen LogP contribution >= 0.6 is 11.3 Å². The third-order valence-corrected chi connectivity index (χ3v) is 9.07. The molecule has 0 unspecified atom stereocenters. The van der Waals surface area contributed by atoms with Crippen LogP contribution in [0.5, 0.6) is 0 Å². The lowest BCUT2D eigenvalue weighted by Crippen LogP contribution is -1.95. The summed E-state index contributed by atoms with van der Waals surface area (Å²) in [5.74, 6) is 0.726. The molecule has 0 fully saturated rings. The van der Waals surface area contributed by atoms with E-state index >= 15 is 0 Å².